The number of fused-ring (bicyclic) bond motifs is 13. The fourth-order valence-corrected chi connectivity index (χ4v) is 13.2. The monoisotopic (exact) mass is 872 g/mol. The molecule has 1 spiro atoms. The first-order chi connectivity index (χ1) is 33.7. The lowest BCUT2D eigenvalue weighted by molar-refractivity contribution is 0.485. The van der Waals surface area contributed by atoms with Gasteiger partial charge in [0, 0.05) is 40.1 Å². The lowest BCUT2D eigenvalue weighted by Gasteiger charge is -2.38. The average Bonchev–Trinajstić information content (AvgIpc) is 3.53. The van der Waals surface area contributed by atoms with Crippen LogP contribution < -0.4 is 9.80 Å². The minimum atomic E-state index is -0.316. The van der Waals surface area contributed by atoms with Gasteiger partial charge < -0.3 is 9.80 Å². The summed E-state index contributed by atoms with van der Waals surface area (Å²) < 4.78 is 0. The summed E-state index contributed by atoms with van der Waals surface area (Å²) in [5, 5.41) is 2.50. The third-order valence-corrected chi connectivity index (χ3v) is 16.2. The van der Waals surface area contributed by atoms with Gasteiger partial charge in [-0.3, -0.25) is 0 Å². The molecule has 0 fully saturated rings. The van der Waals surface area contributed by atoms with E-state index in [0.717, 1.165) is 51.4 Å². The van der Waals surface area contributed by atoms with E-state index < -0.39 is 0 Å². The molecule has 0 N–H and O–H groups in total. The minimum Gasteiger partial charge on any atom is -0.314 e. The third-order valence-electron chi connectivity index (χ3n) is 16.2. The van der Waals surface area contributed by atoms with Crippen LogP contribution in [-0.4, -0.2) is 0 Å². The summed E-state index contributed by atoms with van der Waals surface area (Å²) in [7, 11) is 0. The van der Waals surface area contributed by atoms with Crippen LogP contribution >= 0.6 is 0 Å². The molecule has 7 aromatic rings. The van der Waals surface area contributed by atoms with Crippen molar-refractivity contribution in [2.75, 3.05) is 9.80 Å². The van der Waals surface area contributed by atoms with Crippen molar-refractivity contribution >= 4 is 56.4 Å². The highest BCUT2D eigenvalue weighted by Crippen LogP contribution is 2.66. The molecule has 0 radical (unpaired) electrons. The topological polar surface area (TPSA) is 6.48 Å². The zero-order valence-electron chi connectivity index (χ0n) is 38.3. The van der Waals surface area contributed by atoms with Crippen molar-refractivity contribution in [1.82, 2.24) is 0 Å². The van der Waals surface area contributed by atoms with Gasteiger partial charge in [-0.25, -0.2) is 0 Å². The predicted molar refractivity (Wildman–Crippen MR) is 285 cm³/mol. The Labute approximate surface area is 400 Å². The molecule has 2 heteroatoms. The first-order valence-electron chi connectivity index (χ1n) is 24.9. The van der Waals surface area contributed by atoms with Crippen molar-refractivity contribution in [3.8, 4) is 0 Å². The van der Waals surface area contributed by atoms with Crippen LogP contribution in [-0.2, 0) is 24.7 Å². The molecular weight excluding hydrogens is 821 g/mol. The SMILES string of the molecule is C1=CCC2=C(C=C1)C1(c3cc(N4C5=C(C=CCC5)CCc5ccccc54)ccc3C3=CC=C(C=Cc4ccc5cc(N6c7ccccc7CCc7ccccc76)ccc5c4)CC31)c1ccccc12. The molecule has 2 aliphatic heterocycles. The highest BCUT2D eigenvalue weighted by Gasteiger charge is 2.57. The smallest absolute Gasteiger partial charge is 0.0538 e. The van der Waals surface area contributed by atoms with E-state index in [1.54, 1.807) is 0 Å². The maximum absolute atomic E-state index is 2.63. The number of anilines is 5. The van der Waals surface area contributed by atoms with Crippen LogP contribution in [0.4, 0.5) is 28.4 Å². The Balaban J connectivity index is 0.850. The van der Waals surface area contributed by atoms with Gasteiger partial charge in [0.25, 0.3) is 0 Å². The van der Waals surface area contributed by atoms with E-state index in [4.69, 9.17) is 0 Å². The molecule has 2 heterocycles. The second-order valence-electron chi connectivity index (χ2n) is 19.7. The molecule has 14 rings (SSSR count). The van der Waals surface area contributed by atoms with Crippen molar-refractivity contribution in [1.29, 1.82) is 0 Å². The van der Waals surface area contributed by atoms with E-state index in [0.29, 0.717) is 0 Å². The number of benzene rings is 7. The summed E-state index contributed by atoms with van der Waals surface area (Å²) in [5.74, 6) is 0.252. The van der Waals surface area contributed by atoms with Crippen molar-refractivity contribution in [2.24, 2.45) is 5.92 Å². The van der Waals surface area contributed by atoms with Crippen LogP contribution in [0.15, 0.2) is 229 Å². The van der Waals surface area contributed by atoms with E-state index in [-0.39, 0.29) is 11.3 Å². The second kappa shape index (κ2) is 15.7. The molecule has 7 aliphatic rings. The van der Waals surface area contributed by atoms with Crippen LogP contribution in [0.2, 0.25) is 0 Å². The maximum atomic E-state index is 2.63. The summed E-state index contributed by atoms with van der Waals surface area (Å²) in [5.41, 5.74) is 25.9. The summed E-state index contributed by atoms with van der Waals surface area (Å²) in [4.78, 5) is 5.10. The van der Waals surface area contributed by atoms with Crippen molar-refractivity contribution in [3.63, 3.8) is 0 Å². The molecule has 0 saturated carbocycles. The molecule has 2 atom stereocenters. The van der Waals surface area contributed by atoms with Gasteiger partial charge >= 0.3 is 0 Å². The van der Waals surface area contributed by atoms with E-state index in [1.165, 1.54) is 117 Å². The predicted octanol–water partition coefficient (Wildman–Crippen LogP) is 16.7. The van der Waals surface area contributed by atoms with Crippen molar-refractivity contribution in [2.45, 2.75) is 56.8 Å². The second-order valence-corrected chi connectivity index (χ2v) is 19.7. The van der Waals surface area contributed by atoms with Gasteiger partial charge in [-0.05, 0) is 183 Å². The highest BCUT2D eigenvalue weighted by atomic mass is 15.2. The Hall–Kier alpha value is -7.68. The standard InChI is InChI=1S/C66H52N2/c1-2-18-54-55-19-8-9-21-59(55)66(58(54)20-3-1)60-41-45(29-38-56(60)57-39-37-53(43-61(57)66)68-64-24-12-6-16-48(64)33-34-49-17-7-13-25-65(49)68)27-26-44-28-30-51-42-52(36-35-50(51)40-44)67-62-22-10-4-14-46(62)31-32-47-15-5-11-23-63(47)67/h1-12,14-17,19-24,26-30,35-40,42-43,60H,13,18,25,31-34,41H2. The average molecular weight is 873 g/mol. The Bertz CT molecular complexity index is 3490. The number of rotatable bonds is 4. The van der Waals surface area contributed by atoms with Gasteiger partial charge in [0.1, 0.15) is 0 Å². The van der Waals surface area contributed by atoms with Crippen molar-refractivity contribution < 1.29 is 0 Å². The van der Waals surface area contributed by atoms with E-state index in [2.05, 4.69) is 222 Å². The number of allylic oxidation sites excluding steroid dienone is 15. The molecule has 0 saturated heterocycles. The molecule has 0 aromatic heterocycles. The summed E-state index contributed by atoms with van der Waals surface area (Å²) >= 11 is 0. The molecule has 5 aliphatic carbocycles. The van der Waals surface area contributed by atoms with Crippen LogP contribution in [0.5, 0.6) is 0 Å². The molecule has 0 amide bonds. The Morgan fingerprint density at radius 2 is 1.21 bits per heavy atom. The maximum Gasteiger partial charge on any atom is 0.0538 e. The van der Waals surface area contributed by atoms with Gasteiger partial charge in [-0.15, -0.1) is 0 Å². The minimum absolute atomic E-state index is 0.252. The first kappa shape index (κ1) is 39.5. The van der Waals surface area contributed by atoms with Crippen LogP contribution in [0.3, 0.4) is 0 Å². The van der Waals surface area contributed by atoms with Gasteiger partial charge in [0.2, 0.25) is 0 Å². The largest absolute Gasteiger partial charge is 0.314 e. The number of hydrogen-bond acceptors (Lipinski definition) is 2. The van der Waals surface area contributed by atoms with Crippen LogP contribution in [0.25, 0.3) is 28.0 Å². The van der Waals surface area contributed by atoms with Gasteiger partial charge in [0.15, 0.2) is 0 Å². The van der Waals surface area contributed by atoms with Crippen LogP contribution in [0, 0.1) is 5.92 Å². The number of nitrogens with zero attached hydrogens (tertiary/aromatic N) is 2. The fourth-order valence-electron chi connectivity index (χ4n) is 13.2. The lowest BCUT2D eigenvalue weighted by Crippen LogP contribution is -2.34. The first-order valence-corrected chi connectivity index (χ1v) is 24.9. The quantitative estimate of drug-likeness (QED) is 0.174. The number of hydrogen-bond donors (Lipinski definition) is 0. The van der Waals surface area contributed by atoms with E-state index in [1.807, 2.05) is 0 Å². The summed E-state index contributed by atoms with van der Waals surface area (Å²) in [6, 6.07) is 57.8. The zero-order chi connectivity index (χ0) is 44.8. The number of aryl methyl sites for hydroxylation is 3. The number of para-hydroxylation sites is 3. The zero-order valence-corrected chi connectivity index (χ0v) is 38.3. The van der Waals surface area contributed by atoms with E-state index >= 15 is 0 Å². The molecule has 68 heavy (non-hydrogen) atoms. The molecule has 7 aromatic carbocycles. The van der Waals surface area contributed by atoms with E-state index in [9.17, 15) is 0 Å². The summed E-state index contributed by atoms with van der Waals surface area (Å²) in [6.07, 6.45) is 32.0. The summed E-state index contributed by atoms with van der Waals surface area (Å²) in [6.45, 7) is 0. The highest BCUT2D eigenvalue weighted by molar-refractivity contribution is 5.96. The normalized spacial score (nSPS) is 20.7. The van der Waals surface area contributed by atoms with Crippen LogP contribution in [0.1, 0.15) is 76.6 Å². The molecule has 2 unspecified atom stereocenters. The molecular formula is C66H52N2. The molecule has 2 nitrogen and oxygen atoms in total. The molecule has 0 bridgehead atoms. The Morgan fingerprint density at radius 3 is 2.03 bits per heavy atom. The van der Waals surface area contributed by atoms with Gasteiger partial charge in [-0.1, -0.05) is 164 Å². The third kappa shape index (κ3) is 6.03. The van der Waals surface area contributed by atoms with Gasteiger partial charge in [0.05, 0.1) is 5.41 Å². The fraction of sp³-hybridized carbons (Fsp3) is 0.152. The van der Waals surface area contributed by atoms with Gasteiger partial charge in [-0.2, -0.15) is 0 Å². The lowest BCUT2D eigenvalue weighted by atomic mass is 9.63. The van der Waals surface area contributed by atoms with Crippen molar-refractivity contribution in [3.05, 3.63) is 273 Å². The Morgan fingerprint density at radius 1 is 0.515 bits per heavy atom. The molecule has 326 valence electrons. The Kier molecular flexibility index (Phi) is 9.12.